The summed E-state index contributed by atoms with van der Waals surface area (Å²) in [5.74, 6) is -5.50. The fraction of sp³-hybridized carbons (Fsp3) is 0.435. The van der Waals surface area contributed by atoms with Gasteiger partial charge in [-0.05, 0) is 0 Å². The highest BCUT2D eigenvalue weighted by Gasteiger charge is 2.29. The molecule has 0 saturated heterocycles. The molecule has 0 bridgehead atoms. The van der Waals surface area contributed by atoms with E-state index in [0.717, 1.165) is 49.6 Å². The van der Waals surface area contributed by atoms with Crippen LogP contribution in [0.4, 0.5) is 11.8 Å². The minimum Gasteiger partial charge on any atom is -0.503 e. The summed E-state index contributed by atoms with van der Waals surface area (Å²) in [6.07, 6.45) is 0.449. The Morgan fingerprint density at radius 1 is 0.929 bits per heavy atom. The zero-order valence-corrected chi connectivity index (χ0v) is 24.0. The number of aromatic nitrogens is 4. The summed E-state index contributed by atoms with van der Waals surface area (Å²) < 4.78 is 0. The molecule has 0 spiro atoms. The van der Waals surface area contributed by atoms with E-state index in [0.29, 0.717) is 0 Å². The lowest BCUT2D eigenvalue weighted by atomic mass is 10.1. The predicted octanol–water partition coefficient (Wildman–Crippen LogP) is -0.793. The number of thioether (sulfide) groups is 2. The first-order valence-corrected chi connectivity index (χ1v) is 14.2. The van der Waals surface area contributed by atoms with Crippen LogP contribution < -0.4 is 27.7 Å². The second-order valence-electron chi connectivity index (χ2n) is 8.83. The van der Waals surface area contributed by atoms with E-state index in [2.05, 4.69) is 30.6 Å². The first-order valence-electron chi connectivity index (χ1n) is 12.1. The molecule has 2 heterocycles. The molecule has 42 heavy (non-hydrogen) atoms. The summed E-state index contributed by atoms with van der Waals surface area (Å²) in [5, 5.41) is 31.5. The number of nitrogens with zero attached hydrogens (tertiary/aromatic N) is 3. The van der Waals surface area contributed by atoms with E-state index in [1.165, 1.54) is 0 Å². The highest BCUT2D eigenvalue weighted by molar-refractivity contribution is 7.99. The smallest absolute Gasteiger partial charge is 0.327 e. The Bertz CT molecular complexity index is 1390. The minimum atomic E-state index is -1.31. The van der Waals surface area contributed by atoms with Crippen molar-refractivity contribution in [3.05, 3.63) is 34.1 Å². The van der Waals surface area contributed by atoms with Crippen LogP contribution in [0.1, 0.15) is 48.7 Å². The predicted molar refractivity (Wildman–Crippen MR) is 152 cm³/mol. The zero-order chi connectivity index (χ0) is 31.6. The van der Waals surface area contributed by atoms with E-state index in [1.807, 2.05) is 0 Å². The molecule has 0 aliphatic rings. The fourth-order valence-electron chi connectivity index (χ4n) is 3.45. The molecule has 0 aliphatic heterocycles. The van der Waals surface area contributed by atoms with Crippen LogP contribution in [-0.2, 0) is 24.0 Å². The Morgan fingerprint density at radius 2 is 1.45 bits per heavy atom. The van der Waals surface area contributed by atoms with Crippen LogP contribution >= 0.6 is 23.5 Å². The lowest BCUT2D eigenvalue weighted by molar-refractivity contribution is -0.141. The zero-order valence-electron chi connectivity index (χ0n) is 22.4. The number of amides is 2. The molecule has 4 unspecified atom stereocenters. The van der Waals surface area contributed by atoms with E-state index in [-0.39, 0.29) is 47.6 Å². The Balaban J connectivity index is 2.34. The number of nitrogens with two attached hydrogens (primary N) is 2. The van der Waals surface area contributed by atoms with Crippen molar-refractivity contribution in [1.29, 1.82) is 0 Å². The first kappa shape index (κ1) is 33.8. The van der Waals surface area contributed by atoms with Gasteiger partial charge in [0.1, 0.15) is 23.7 Å². The Labute approximate surface area is 246 Å². The molecule has 0 aromatic carbocycles. The third-order valence-electron chi connectivity index (χ3n) is 5.32. The molecule has 19 heteroatoms. The minimum absolute atomic E-state index is 0.00920. The van der Waals surface area contributed by atoms with Gasteiger partial charge >= 0.3 is 11.9 Å². The van der Waals surface area contributed by atoms with Crippen LogP contribution in [0.15, 0.2) is 17.1 Å². The Kier molecular flexibility index (Phi) is 12.5. The van der Waals surface area contributed by atoms with E-state index in [9.17, 15) is 44.1 Å². The largest absolute Gasteiger partial charge is 0.503 e. The molecular formula is C23H30N8O9S2. The molecule has 4 atom stereocenters. The molecule has 0 fully saturated rings. The van der Waals surface area contributed by atoms with Crippen molar-refractivity contribution < 1.29 is 39.3 Å². The van der Waals surface area contributed by atoms with E-state index < -0.39 is 63.4 Å². The van der Waals surface area contributed by atoms with Crippen LogP contribution in [0.2, 0.25) is 0 Å². The number of aliphatic carboxylic acids is 2. The molecule has 228 valence electrons. The molecule has 10 N–H and O–H groups in total. The van der Waals surface area contributed by atoms with Crippen molar-refractivity contribution in [3.8, 4) is 5.75 Å². The molecule has 2 aromatic heterocycles. The average molecular weight is 627 g/mol. The summed E-state index contributed by atoms with van der Waals surface area (Å²) in [5.41, 5.74) is 10.8. The maximum Gasteiger partial charge on any atom is 0.327 e. The fourth-order valence-corrected chi connectivity index (χ4v) is 5.92. The van der Waals surface area contributed by atoms with Crippen molar-refractivity contribution >= 4 is 64.8 Å². The van der Waals surface area contributed by atoms with Gasteiger partial charge in [0.15, 0.2) is 11.6 Å². The molecule has 0 aliphatic carbocycles. The highest BCUT2D eigenvalue weighted by Crippen LogP contribution is 2.36. The highest BCUT2D eigenvalue weighted by atomic mass is 32.2. The van der Waals surface area contributed by atoms with Gasteiger partial charge in [0.25, 0.3) is 5.56 Å². The topological polar surface area (TPSA) is 294 Å². The van der Waals surface area contributed by atoms with Crippen LogP contribution in [0.25, 0.3) is 0 Å². The molecule has 2 aromatic rings. The number of nitrogen functional groups attached to an aromatic ring is 2. The average Bonchev–Trinajstić information content (AvgIpc) is 2.87. The van der Waals surface area contributed by atoms with Gasteiger partial charge in [-0.1, -0.05) is 0 Å². The number of carboxylic acid groups (broad SMARTS) is 2. The number of carbonyl (C=O) groups excluding carboxylic acids is 3. The number of ketones is 1. The molecule has 17 nitrogen and oxygen atoms in total. The van der Waals surface area contributed by atoms with Gasteiger partial charge in [0, 0.05) is 44.3 Å². The van der Waals surface area contributed by atoms with Crippen LogP contribution in [0.5, 0.6) is 5.75 Å². The summed E-state index contributed by atoms with van der Waals surface area (Å²) in [6.45, 7) is 2.30. The Morgan fingerprint density at radius 3 is 1.93 bits per heavy atom. The maximum atomic E-state index is 13.4. The standard InChI is InChI=1S/C23H30N8O9S2/c1-9(32)27-13(21(37)38)7-41-16(12-5-18(36)30-23(25)29-12)3-11(34)4-17(20-26-6-15(35)19(24)31-20)42-8-14(22(39)40)28-10(2)33/h5-6,13-14,16-17,35H,3-4,7-8H2,1-2H3,(H,27,32)(H,28,33)(H,37,38)(H,39,40)(H2,24,26,31)(H3,25,29,30,36). The SMILES string of the molecule is CC(=O)NC(CSC(CC(=O)CC(SCC(NC(C)=O)C(=O)O)c1ncc(O)c(N)n1)c1cc(=O)[nH]c(N)n1)C(=O)O. The molecular weight excluding hydrogens is 596 g/mol. The number of aromatic hydroxyl groups is 1. The molecule has 0 saturated carbocycles. The number of anilines is 2. The number of hydrogen-bond donors (Lipinski definition) is 8. The normalized spacial score (nSPS) is 13.8. The third kappa shape index (κ3) is 10.9. The quantitative estimate of drug-likeness (QED) is 0.113. The molecule has 0 radical (unpaired) electrons. The van der Waals surface area contributed by atoms with Crippen LogP contribution in [0, 0.1) is 0 Å². The molecule has 2 rings (SSSR count). The van der Waals surface area contributed by atoms with Gasteiger partial charge in [0.05, 0.1) is 22.4 Å². The maximum absolute atomic E-state index is 13.4. The van der Waals surface area contributed by atoms with Gasteiger partial charge < -0.3 is 37.4 Å². The summed E-state index contributed by atoms with van der Waals surface area (Å²) in [4.78, 5) is 85.9. The van der Waals surface area contributed by atoms with Gasteiger partial charge in [-0.3, -0.25) is 24.2 Å². The number of Topliss-reactive ketones (excluding diaryl/α,β-unsaturated/α-hetero) is 1. The van der Waals surface area contributed by atoms with Crippen molar-refractivity contribution in [2.24, 2.45) is 0 Å². The van der Waals surface area contributed by atoms with Crippen LogP contribution in [-0.4, -0.2) is 88.4 Å². The number of carbonyl (C=O) groups is 5. The van der Waals surface area contributed by atoms with E-state index in [4.69, 9.17) is 11.5 Å². The number of nitrogens with one attached hydrogen (secondary N) is 3. The Hall–Kier alpha value is -4.39. The first-order chi connectivity index (χ1) is 19.7. The van der Waals surface area contributed by atoms with Gasteiger partial charge in [-0.25, -0.2) is 24.5 Å². The van der Waals surface area contributed by atoms with Gasteiger partial charge in [-0.15, -0.1) is 23.5 Å². The number of carboxylic acids is 2. The third-order valence-corrected chi connectivity index (χ3v) is 7.96. The number of H-pyrrole nitrogens is 1. The lowest BCUT2D eigenvalue weighted by Crippen LogP contribution is -2.41. The monoisotopic (exact) mass is 626 g/mol. The van der Waals surface area contributed by atoms with Crippen molar-refractivity contribution in [3.63, 3.8) is 0 Å². The van der Waals surface area contributed by atoms with Crippen LogP contribution in [0.3, 0.4) is 0 Å². The van der Waals surface area contributed by atoms with E-state index in [1.54, 1.807) is 0 Å². The number of aromatic amines is 1. The lowest BCUT2D eigenvalue weighted by Gasteiger charge is -2.21. The summed E-state index contributed by atoms with van der Waals surface area (Å²) in [6, 6.07) is -1.49. The second kappa shape index (κ2) is 15.6. The number of hydrogen-bond acceptors (Lipinski definition) is 14. The van der Waals surface area contributed by atoms with Crippen molar-refractivity contribution in [1.82, 2.24) is 30.6 Å². The van der Waals surface area contributed by atoms with Crippen molar-refractivity contribution in [2.45, 2.75) is 49.3 Å². The van der Waals surface area contributed by atoms with Gasteiger partial charge in [-0.2, -0.15) is 0 Å². The molecule has 2 amide bonds. The van der Waals surface area contributed by atoms with E-state index >= 15 is 0 Å². The second-order valence-corrected chi connectivity index (χ2v) is 11.3. The summed E-state index contributed by atoms with van der Waals surface area (Å²) >= 11 is 1.90. The van der Waals surface area contributed by atoms with Crippen molar-refractivity contribution in [2.75, 3.05) is 23.0 Å². The summed E-state index contributed by atoms with van der Waals surface area (Å²) in [7, 11) is 0. The van der Waals surface area contributed by atoms with Gasteiger partial charge in [0.2, 0.25) is 17.8 Å². The number of rotatable bonds is 16.